The van der Waals surface area contributed by atoms with E-state index in [2.05, 4.69) is 57.4 Å². The number of nitrogens with one attached hydrogen (secondary N) is 1. The van der Waals surface area contributed by atoms with E-state index < -0.39 is 0 Å². The van der Waals surface area contributed by atoms with Gasteiger partial charge in [-0.15, -0.1) is 0 Å². The number of piperazine rings is 1. The minimum atomic E-state index is 0.00649. The van der Waals surface area contributed by atoms with Crippen LogP contribution < -0.4 is 5.32 Å². The summed E-state index contributed by atoms with van der Waals surface area (Å²) in [7, 11) is 0. The topological polar surface area (TPSA) is 41.1 Å². The summed E-state index contributed by atoms with van der Waals surface area (Å²) in [5.41, 5.74) is 2.43. The van der Waals surface area contributed by atoms with Crippen LogP contribution in [0, 0.1) is 0 Å². The third-order valence-corrected chi connectivity index (χ3v) is 3.92. The summed E-state index contributed by atoms with van der Waals surface area (Å²) < 4.78 is 0. The minimum Gasteiger partial charge on any atom is -0.305 e. The molecule has 1 aliphatic heterocycles. The third-order valence-electron chi connectivity index (χ3n) is 3.92. The number of rotatable bonds is 3. The summed E-state index contributed by atoms with van der Waals surface area (Å²) in [4.78, 5) is 10.7. The van der Waals surface area contributed by atoms with Crippen molar-refractivity contribution in [3.8, 4) is 0 Å². The Kier molecular flexibility index (Phi) is 3.76. The largest absolute Gasteiger partial charge is 0.305 e. The molecule has 1 aromatic heterocycles. The second-order valence-corrected chi connectivity index (χ2v) is 5.54. The molecule has 1 unspecified atom stereocenters. The fraction of sp³-hybridized carbons (Fsp3) is 0.375. The highest BCUT2D eigenvalue weighted by atomic mass is 15.2. The van der Waals surface area contributed by atoms with Crippen molar-refractivity contribution in [2.75, 3.05) is 19.6 Å². The average Bonchev–Trinajstić information content (AvgIpc) is 2.49. The molecule has 2 aromatic rings. The zero-order valence-corrected chi connectivity index (χ0v) is 11.8. The molecule has 104 valence electrons. The summed E-state index contributed by atoms with van der Waals surface area (Å²) in [6, 6.07) is 12.6. The summed E-state index contributed by atoms with van der Waals surface area (Å²) in [6.45, 7) is 6.19. The van der Waals surface area contributed by atoms with E-state index in [1.807, 2.05) is 6.07 Å². The van der Waals surface area contributed by atoms with Crippen LogP contribution >= 0.6 is 0 Å². The second-order valence-electron chi connectivity index (χ2n) is 5.54. The van der Waals surface area contributed by atoms with E-state index in [0.717, 1.165) is 31.9 Å². The summed E-state index contributed by atoms with van der Waals surface area (Å²) in [5, 5.41) is 3.65. The molecule has 2 heterocycles. The van der Waals surface area contributed by atoms with Crippen LogP contribution in [-0.2, 0) is 12.1 Å². The molecule has 0 radical (unpaired) electrons. The van der Waals surface area contributed by atoms with Crippen molar-refractivity contribution in [2.24, 2.45) is 0 Å². The molecule has 0 spiro atoms. The molecule has 1 N–H and O–H groups in total. The monoisotopic (exact) mass is 268 g/mol. The Morgan fingerprint density at radius 3 is 2.85 bits per heavy atom. The Morgan fingerprint density at radius 1 is 1.25 bits per heavy atom. The number of hydrogen-bond acceptors (Lipinski definition) is 4. The zero-order valence-electron chi connectivity index (χ0n) is 11.8. The Morgan fingerprint density at radius 2 is 2.10 bits per heavy atom. The van der Waals surface area contributed by atoms with Crippen molar-refractivity contribution in [3.05, 3.63) is 60.2 Å². The van der Waals surface area contributed by atoms with Gasteiger partial charge in [-0.3, -0.25) is 4.90 Å². The van der Waals surface area contributed by atoms with Gasteiger partial charge in [-0.1, -0.05) is 30.3 Å². The van der Waals surface area contributed by atoms with Crippen LogP contribution in [0.5, 0.6) is 0 Å². The molecule has 0 saturated carbocycles. The first kappa shape index (κ1) is 13.2. The maximum atomic E-state index is 4.32. The predicted octanol–water partition coefficient (Wildman–Crippen LogP) is 1.80. The van der Waals surface area contributed by atoms with Gasteiger partial charge in [0.15, 0.2) is 0 Å². The third kappa shape index (κ3) is 2.86. The van der Waals surface area contributed by atoms with Crippen LogP contribution in [0.15, 0.2) is 48.9 Å². The lowest BCUT2D eigenvalue weighted by Gasteiger charge is -2.41. The smallest absolute Gasteiger partial charge is 0.115 e. The first-order valence-corrected chi connectivity index (χ1v) is 7.04. The Bertz CT molecular complexity index is 543. The molecule has 0 aliphatic carbocycles. The van der Waals surface area contributed by atoms with Gasteiger partial charge >= 0.3 is 0 Å². The maximum absolute atomic E-state index is 4.32. The molecule has 3 rings (SSSR count). The Balaban J connectivity index is 1.73. The minimum absolute atomic E-state index is 0.00649. The predicted molar refractivity (Wildman–Crippen MR) is 79.1 cm³/mol. The lowest BCUT2D eigenvalue weighted by atomic mass is 9.89. The van der Waals surface area contributed by atoms with Crippen LogP contribution in [0.3, 0.4) is 0 Å². The Labute approximate surface area is 119 Å². The van der Waals surface area contributed by atoms with Crippen LogP contribution in [0.2, 0.25) is 0 Å². The standard InChI is InChI=1S/C16H20N4/c1-16(14-5-3-2-4-6-14)12-20(10-9-19-16)11-15-7-8-17-13-18-15/h2-8,13,19H,9-12H2,1H3. The fourth-order valence-electron chi connectivity index (χ4n) is 2.85. The van der Waals surface area contributed by atoms with Crippen molar-refractivity contribution in [3.63, 3.8) is 0 Å². The molecule has 1 atom stereocenters. The van der Waals surface area contributed by atoms with Crippen molar-refractivity contribution in [1.82, 2.24) is 20.2 Å². The van der Waals surface area contributed by atoms with Gasteiger partial charge in [0.2, 0.25) is 0 Å². The molecular formula is C16H20N4. The SMILES string of the molecule is CC1(c2ccccc2)CN(Cc2ccncn2)CCN1. The van der Waals surface area contributed by atoms with Gasteiger partial charge in [-0.05, 0) is 18.6 Å². The number of hydrogen-bond donors (Lipinski definition) is 1. The first-order chi connectivity index (χ1) is 9.76. The highest BCUT2D eigenvalue weighted by Crippen LogP contribution is 2.24. The lowest BCUT2D eigenvalue weighted by Crippen LogP contribution is -2.56. The van der Waals surface area contributed by atoms with E-state index in [0.29, 0.717) is 0 Å². The lowest BCUT2D eigenvalue weighted by molar-refractivity contribution is 0.135. The van der Waals surface area contributed by atoms with Gasteiger partial charge in [0.25, 0.3) is 0 Å². The van der Waals surface area contributed by atoms with E-state index in [1.54, 1.807) is 12.5 Å². The second kappa shape index (κ2) is 5.69. The van der Waals surface area contributed by atoms with Crippen molar-refractivity contribution < 1.29 is 0 Å². The molecule has 20 heavy (non-hydrogen) atoms. The molecule has 1 aromatic carbocycles. The van der Waals surface area contributed by atoms with Gasteiger partial charge < -0.3 is 5.32 Å². The van der Waals surface area contributed by atoms with Crippen LogP contribution in [0.25, 0.3) is 0 Å². The normalized spacial score (nSPS) is 23.6. The summed E-state index contributed by atoms with van der Waals surface area (Å²) in [5.74, 6) is 0. The summed E-state index contributed by atoms with van der Waals surface area (Å²) >= 11 is 0. The van der Waals surface area contributed by atoms with Crippen LogP contribution in [0.4, 0.5) is 0 Å². The summed E-state index contributed by atoms with van der Waals surface area (Å²) in [6.07, 6.45) is 3.43. The Hall–Kier alpha value is -1.78. The zero-order chi connectivity index (χ0) is 13.8. The number of nitrogens with zero attached hydrogens (tertiary/aromatic N) is 3. The van der Waals surface area contributed by atoms with E-state index in [-0.39, 0.29) is 5.54 Å². The number of aromatic nitrogens is 2. The molecular weight excluding hydrogens is 248 g/mol. The van der Waals surface area contributed by atoms with E-state index in [9.17, 15) is 0 Å². The fourth-order valence-corrected chi connectivity index (χ4v) is 2.85. The van der Waals surface area contributed by atoms with Gasteiger partial charge in [0.1, 0.15) is 6.33 Å². The van der Waals surface area contributed by atoms with Crippen LogP contribution in [0.1, 0.15) is 18.2 Å². The molecule has 0 bridgehead atoms. The van der Waals surface area contributed by atoms with Crippen molar-refractivity contribution >= 4 is 0 Å². The quantitative estimate of drug-likeness (QED) is 0.921. The highest BCUT2D eigenvalue weighted by Gasteiger charge is 2.31. The van der Waals surface area contributed by atoms with Gasteiger partial charge in [0, 0.05) is 32.4 Å². The average molecular weight is 268 g/mol. The first-order valence-electron chi connectivity index (χ1n) is 7.04. The van der Waals surface area contributed by atoms with Crippen LogP contribution in [-0.4, -0.2) is 34.5 Å². The highest BCUT2D eigenvalue weighted by molar-refractivity contribution is 5.25. The van der Waals surface area contributed by atoms with Crippen molar-refractivity contribution in [2.45, 2.75) is 19.0 Å². The molecule has 1 fully saturated rings. The van der Waals surface area contributed by atoms with E-state index in [4.69, 9.17) is 0 Å². The molecule has 4 heteroatoms. The number of benzene rings is 1. The maximum Gasteiger partial charge on any atom is 0.115 e. The molecule has 4 nitrogen and oxygen atoms in total. The van der Waals surface area contributed by atoms with Gasteiger partial charge in [-0.25, -0.2) is 9.97 Å². The van der Waals surface area contributed by atoms with E-state index >= 15 is 0 Å². The van der Waals surface area contributed by atoms with Crippen molar-refractivity contribution in [1.29, 1.82) is 0 Å². The molecule has 1 aliphatic rings. The molecule has 0 amide bonds. The van der Waals surface area contributed by atoms with Gasteiger partial charge in [0.05, 0.1) is 11.2 Å². The van der Waals surface area contributed by atoms with Gasteiger partial charge in [-0.2, -0.15) is 0 Å². The van der Waals surface area contributed by atoms with E-state index in [1.165, 1.54) is 5.56 Å². The molecule has 1 saturated heterocycles.